The van der Waals surface area contributed by atoms with Gasteiger partial charge in [-0.3, -0.25) is 4.79 Å². The highest BCUT2D eigenvalue weighted by Crippen LogP contribution is 2.23. The molecule has 0 amide bonds. The molecule has 1 heterocycles. The van der Waals surface area contributed by atoms with E-state index in [4.69, 9.17) is 4.74 Å². The minimum atomic E-state index is -0.467. The molecule has 0 saturated heterocycles. The highest BCUT2D eigenvalue weighted by molar-refractivity contribution is 9.10. The predicted octanol–water partition coefficient (Wildman–Crippen LogP) is 3.91. The van der Waals surface area contributed by atoms with Crippen LogP contribution in [0.5, 0.6) is 5.75 Å². The van der Waals surface area contributed by atoms with Crippen LogP contribution in [0.15, 0.2) is 40.2 Å². The van der Waals surface area contributed by atoms with E-state index in [0.717, 1.165) is 4.47 Å². The van der Waals surface area contributed by atoms with Gasteiger partial charge in [-0.05, 0) is 39.5 Å². The number of hydrogen-bond acceptors (Lipinski definition) is 3. The molecule has 0 N–H and O–H groups in total. The van der Waals surface area contributed by atoms with Crippen molar-refractivity contribution in [2.24, 2.45) is 0 Å². The summed E-state index contributed by atoms with van der Waals surface area (Å²) in [5, 5.41) is 1.81. The van der Waals surface area contributed by atoms with Crippen LogP contribution in [0.4, 0.5) is 4.39 Å². The zero-order chi connectivity index (χ0) is 12.3. The fourth-order valence-corrected chi connectivity index (χ4v) is 2.78. The second-order valence-corrected chi connectivity index (χ2v) is 5.01. The summed E-state index contributed by atoms with van der Waals surface area (Å²) in [6.07, 6.45) is 0. The van der Waals surface area contributed by atoms with Crippen molar-refractivity contribution in [2.75, 3.05) is 6.61 Å². The van der Waals surface area contributed by atoms with Crippen LogP contribution in [0.25, 0.3) is 0 Å². The molecule has 1 aromatic carbocycles. The summed E-state index contributed by atoms with van der Waals surface area (Å²) < 4.78 is 19.1. The minimum Gasteiger partial charge on any atom is -0.482 e. The molecular weight excluding hydrogens is 307 g/mol. The Morgan fingerprint density at radius 1 is 1.35 bits per heavy atom. The number of para-hydroxylation sites is 1. The Morgan fingerprint density at radius 3 is 2.76 bits per heavy atom. The average molecular weight is 315 g/mol. The lowest BCUT2D eigenvalue weighted by Gasteiger charge is -2.05. The number of halogens is 2. The summed E-state index contributed by atoms with van der Waals surface area (Å²) in [5.41, 5.74) is 0. The van der Waals surface area contributed by atoms with E-state index in [0.29, 0.717) is 4.88 Å². The van der Waals surface area contributed by atoms with Crippen molar-refractivity contribution in [3.05, 3.63) is 50.9 Å². The number of carbonyl (C=O) groups excluding carboxylic acids is 1. The van der Waals surface area contributed by atoms with Gasteiger partial charge in [0.05, 0.1) is 4.88 Å². The van der Waals surface area contributed by atoms with Gasteiger partial charge in [-0.2, -0.15) is 0 Å². The first-order valence-electron chi connectivity index (χ1n) is 4.82. The van der Waals surface area contributed by atoms with Gasteiger partial charge in [-0.25, -0.2) is 4.39 Å². The van der Waals surface area contributed by atoms with Gasteiger partial charge in [0.1, 0.15) is 0 Å². The van der Waals surface area contributed by atoms with Gasteiger partial charge in [-0.15, -0.1) is 11.3 Å². The first kappa shape index (κ1) is 12.3. The summed E-state index contributed by atoms with van der Waals surface area (Å²) in [7, 11) is 0. The zero-order valence-corrected chi connectivity index (χ0v) is 11.1. The normalized spacial score (nSPS) is 10.2. The van der Waals surface area contributed by atoms with Crippen LogP contribution >= 0.6 is 27.3 Å². The third-order valence-electron chi connectivity index (χ3n) is 2.07. The molecule has 2 nitrogen and oxygen atoms in total. The van der Waals surface area contributed by atoms with Crippen LogP contribution in [-0.2, 0) is 0 Å². The quantitative estimate of drug-likeness (QED) is 0.800. The molecular formula is C12H8BrFO2S. The number of ether oxygens (including phenoxy) is 1. The third kappa shape index (κ3) is 2.92. The van der Waals surface area contributed by atoms with Gasteiger partial charge >= 0.3 is 0 Å². The Hall–Kier alpha value is -1.20. The highest BCUT2D eigenvalue weighted by atomic mass is 79.9. The predicted molar refractivity (Wildman–Crippen MR) is 68.2 cm³/mol. The van der Waals surface area contributed by atoms with E-state index < -0.39 is 5.82 Å². The largest absolute Gasteiger partial charge is 0.482 e. The van der Waals surface area contributed by atoms with Gasteiger partial charge < -0.3 is 4.74 Å². The van der Waals surface area contributed by atoms with Gasteiger partial charge in [0.25, 0.3) is 0 Å². The number of hydrogen-bond donors (Lipinski definition) is 0. The Balaban J connectivity index is 2.02. The molecule has 0 spiro atoms. The van der Waals surface area contributed by atoms with Crippen LogP contribution < -0.4 is 4.74 Å². The molecule has 2 rings (SSSR count). The number of rotatable bonds is 4. The summed E-state index contributed by atoms with van der Waals surface area (Å²) in [6, 6.07) is 7.80. The number of benzene rings is 1. The second-order valence-electron chi connectivity index (χ2n) is 3.24. The van der Waals surface area contributed by atoms with E-state index in [1.165, 1.54) is 23.5 Å². The maximum absolute atomic E-state index is 13.2. The van der Waals surface area contributed by atoms with Gasteiger partial charge in [0.15, 0.2) is 18.2 Å². The molecule has 17 heavy (non-hydrogen) atoms. The molecule has 0 aliphatic rings. The van der Waals surface area contributed by atoms with Crippen molar-refractivity contribution in [1.82, 2.24) is 0 Å². The van der Waals surface area contributed by atoms with Gasteiger partial charge in [-0.1, -0.05) is 12.1 Å². The van der Waals surface area contributed by atoms with Crippen LogP contribution in [-0.4, -0.2) is 12.4 Å². The first-order valence-corrected chi connectivity index (χ1v) is 6.49. The highest BCUT2D eigenvalue weighted by Gasteiger charge is 2.13. The van der Waals surface area contributed by atoms with Crippen LogP contribution in [0.3, 0.4) is 0 Å². The van der Waals surface area contributed by atoms with E-state index in [1.807, 2.05) is 0 Å². The Labute approximate surface area is 110 Å². The molecule has 0 aliphatic heterocycles. The number of Topliss-reactive ketones (excluding diaryl/α,β-unsaturated/α-hetero) is 1. The molecule has 0 aliphatic carbocycles. The summed E-state index contributed by atoms with van der Waals surface area (Å²) >= 11 is 4.59. The van der Waals surface area contributed by atoms with Crippen LogP contribution in [0, 0.1) is 5.82 Å². The topological polar surface area (TPSA) is 26.3 Å². The minimum absolute atomic E-state index is 0.0912. The van der Waals surface area contributed by atoms with E-state index in [2.05, 4.69) is 15.9 Å². The number of carbonyl (C=O) groups is 1. The SMILES string of the molecule is O=C(COc1ccccc1F)c1sccc1Br. The fraction of sp³-hybridized carbons (Fsp3) is 0.0833. The molecule has 0 atom stereocenters. The van der Waals surface area contributed by atoms with Gasteiger partial charge in [0, 0.05) is 4.47 Å². The molecule has 1 aromatic heterocycles. The first-order chi connectivity index (χ1) is 8.18. The maximum atomic E-state index is 13.2. The van der Waals surface area contributed by atoms with Crippen molar-refractivity contribution in [2.45, 2.75) is 0 Å². The second kappa shape index (κ2) is 5.42. The molecule has 0 fully saturated rings. The van der Waals surface area contributed by atoms with Crippen LogP contribution in [0.1, 0.15) is 9.67 Å². The lowest BCUT2D eigenvalue weighted by molar-refractivity contribution is 0.0922. The molecule has 0 unspecified atom stereocenters. The third-order valence-corrected chi connectivity index (χ3v) is 3.94. The molecule has 0 radical (unpaired) electrons. The Morgan fingerprint density at radius 2 is 2.12 bits per heavy atom. The summed E-state index contributed by atoms with van der Waals surface area (Å²) in [6.45, 7) is -0.167. The summed E-state index contributed by atoms with van der Waals surface area (Å²) in [5.74, 6) is -0.547. The standard InChI is InChI=1S/C12H8BrFO2S/c13-8-5-6-17-12(8)10(15)7-16-11-4-2-1-3-9(11)14/h1-6H,7H2. The molecule has 5 heteroatoms. The van der Waals surface area contributed by atoms with Crippen molar-refractivity contribution in [3.8, 4) is 5.75 Å². The van der Waals surface area contributed by atoms with Gasteiger partial charge in [0.2, 0.25) is 5.78 Å². The zero-order valence-electron chi connectivity index (χ0n) is 8.65. The molecule has 0 saturated carbocycles. The lowest BCUT2D eigenvalue weighted by Crippen LogP contribution is -2.11. The lowest BCUT2D eigenvalue weighted by atomic mass is 10.3. The molecule has 2 aromatic rings. The monoisotopic (exact) mass is 314 g/mol. The van der Waals surface area contributed by atoms with E-state index in [1.54, 1.807) is 23.6 Å². The van der Waals surface area contributed by atoms with Crippen molar-refractivity contribution in [3.63, 3.8) is 0 Å². The fourth-order valence-electron chi connectivity index (χ4n) is 1.26. The smallest absolute Gasteiger partial charge is 0.211 e. The van der Waals surface area contributed by atoms with Crippen molar-refractivity contribution in [1.29, 1.82) is 0 Å². The Kier molecular flexibility index (Phi) is 3.91. The number of ketones is 1. The van der Waals surface area contributed by atoms with E-state index in [-0.39, 0.29) is 18.1 Å². The molecule has 88 valence electrons. The van der Waals surface area contributed by atoms with Crippen molar-refractivity contribution >= 4 is 33.0 Å². The number of thiophene rings is 1. The average Bonchev–Trinajstić information content (AvgIpc) is 2.74. The molecule has 0 bridgehead atoms. The summed E-state index contributed by atoms with van der Waals surface area (Å²) in [4.78, 5) is 12.3. The Bertz CT molecular complexity index is 539. The van der Waals surface area contributed by atoms with Crippen LogP contribution in [0.2, 0.25) is 0 Å². The van der Waals surface area contributed by atoms with E-state index in [9.17, 15) is 9.18 Å². The maximum Gasteiger partial charge on any atom is 0.211 e. The van der Waals surface area contributed by atoms with E-state index >= 15 is 0 Å². The van der Waals surface area contributed by atoms with Crippen molar-refractivity contribution < 1.29 is 13.9 Å².